The number of benzene rings is 2. The molecule has 0 fully saturated rings. The van der Waals surface area contributed by atoms with Gasteiger partial charge in [0.05, 0.1) is 5.69 Å². The van der Waals surface area contributed by atoms with Gasteiger partial charge in [-0.25, -0.2) is 13.2 Å². The van der Waals surface area contributed by atoms with Gasteiger partial charge in [-0.2, -0.15) is 0 Å². The van der Waals surface area contributed by atoms with E-state index in [1.54, 1.807) is 0 Å². The summed E-state index contributed by atoms with van der Waals surface area (Å²) in [4.78, 5) is 0. The fourth-order valence-corrected chi connectivity index (χ4v) is 1.28. The van der Waals surface area contributed by atoms with E-state index in [2.05, 4.69) is 5.32 Å². The lowest BCUT2D eigenvalue weighted by Crippen LogP contribution is -1.94. The number of hydrogen-bond acceptors (Lipinski definition) is 1. The van der Waals surface area contributed by atoms with Gasteiger partial charge in [-0.15, -0.1) is 0 Å². The lowest BCUT2D eigenvalue weighted by molar-refractivity contribution is 0.603. The molecule has 0 saturated carbocycles. The Morgan fingerprint density at radius 3 is 2.06 bits per heavy atom. The number of anilines is 2. The second-order valence-electron chi connectivity index (χ2n) is 3.26. The van der Waals surface area contributed by atoms with E-state index >= 15 is 0 Å². The number of hydrogen-bond donors (Lipinski definition) is 1. The van der Waals surface area contributed by atoms with E-state index in [0.717, 1.165) is 18.2 Å². The molecule has 0 bridgehead atoms. The molecule has 0 saturated heterocycles. The second kappa shape index (κ2) is 4.26. The Hall–Kier alpha value is -1.97. The molecule has 1 N–H and O–H groups in total. The highest BCUT2D eigenvalue weighted by atomic mass is 19.1. The summed E-state index contributed by atoms with van der Waals surface area (Å²) in [6.45, 7) is 0. The number of rotatable bonds is 2. The molecule has 0 atom stereocenters. The molecule has 0 unspecified atom stereocenters. The molecule has 0 spiro atoms. The highest BCUT2D eigenvalue weighted by Crippen LogP contribution is 2.20. The van der Waals surface area contributed by atoms with Gasteiger partial charge in [0.15, 0.2) is 0 Å². The van der Waals surface area contributed by atoms with Crippen LogP contribution in [0.5, 0.6) is 0 Å². The van der Waals surface area contributed by atoms with Crippen molar-refractivity contribution >= 4 is 11.4 Å². The summed E-state index contributed by atoms with van der Waals surface area (Å²) in [6, 6.07) is 8.46. The summed E-state index contributed by atoms with van der Waals surface area (Å²) in [5.74, 6) is -1.48. The minimum absolute atomic E-state index is 0.0200. The van der Waals surface area contributed by atoms with E-state index in [1.807, 2.05) is 0 Å². The lowest BCUT2D eigenvalue weighted by Gasteiger charge is -2.07. The van der Waals surface area contributed by atoms with Crippen LogP contribution in [0, 0.1) is 17.5 Å². The molecule has 0 aliphatic heterocycles. The second-order valence-corrected chi connectivity index (χ2v) is 3.26. The largest absolute Gasteiger partial charge is 0.353 e. The van der Waals surface area contributed by atoms with Crippen molar-refractivity contribution in [2.75, 3.05) is 5.32 Å². The maximum Gasteiger partial charge on any atom is 0.146 e. The standard InChI is InChI=1S/C12H8F3N/c13-8-1-4-10(5-2-8)16-12-7-9(14)3-6-11(12)15/h1-7,16H. The summed E-state index contributed by atoms with van der Waals surface area (Å²) < 4.78 is 38.7. The van der Waals surface area contributed by atoms with Crippen molar-refractivity contribution in [3.63, 3.8) is 0 Å². The van der Waals surface area contributed by atoms with E-state index in [9.17, 15) is 13.2 Å². The number of halogens is 3. The highest BCUT2D eigenvalue weighted by Gasteiger charge is 2.03. The van der Waals surface area contributed by atoms with Crippen LogP contribution in [0.1, 0.15) is 0 Å². The Kier molecular flexibility index (Phi) is 2.81. The van der Waals surface area contributed by atoms with Crippen LogP contribution in [0.25, 0.3) is 0 Å². The van der Waals surface area contributed by atoms with Gasteiger partial charge in [-0.1, -0.05) is 0 Å². The normalized spacial score (nSPS) is 10.2. The average molecular weight is 223 g/mol. The van der Waals surface area contributed by atoms with Crippen LogP contribution in [0.15, 0.2) is 42.5 Å². The Morgan fingerprint density at radius 2 is 1.38 bits per heavy atom. The maximum atomic E-state index is 13.2. The summed E-state index contributed by atoms with van der Waals surface area (Å²) in [5, 5.41) is 2.66. The van der Waals surface area contributed by atoms with Crippen molar-refractivity contribution in [3.05, 3.63) is 59.9 Å². The Bertz CT molecular complexity index is 494. The summed E-state index contributed by atoms with van der Waals surface area (Å²) in [5.41, 5.74) is 0.512. The van der Waals surface area contributed by atoms with E-state index in [0.29, 0.717) is 5.69 Å². The van der Waals surface area contributed by atoms with Crippen molar-refractivity contribution in [1.29, 1.82) is 0 Å². The van der Waals surface area contributed by atoms with Crippen molar-refractivity contribution in [2.45, 2.75) is 0 Å². The Labute approximate surface area is 90.5 Å². The van der Waals surface area contributed by atoms with Crippen LogP contribution >= 0.6 is 0 Å². The first-order valence-corrected chi connectivity index (χ1v) is 4.63. The van der Waals surface area contributed by atoms with Gasteiger partial charge in [0.25, 0.3) is 0 Å². The average Bonchev–Trinajstić information content (AvgIpc) is 2.27. The van der Waals surface area contributed by atoms with Crippen LogP contribution in [0.3, 0.4) is 0 Å². The zero-order valence-electron chi connectivity index (χ0n) is 8.18. The third-order valence-electron chi connectivity index (χ3n) is 2.05. The van der Waals surface area contributed by atoms with E-state index in [1.165, 1.54) is 24.3 Å². The van der Waals surface area contributed by atoms with Gasteiger partial charge in [-0.3, -0.25) is 0 Å². The first kappa shape index (κ1) is 10.5. The molecule has 2 rings (SSSR count). The van der Waals surface area contributed by atoms with Gasteiger partial charge in [-0.05, 0) is 36.4 Å². The predicted octanol–water partition coefficient (Wildman–Crippen LogP) is 3.85. The maximum absolute atomic E-state index is 13.2. The van der Waals surface area contributed by atoms with Gasteiger partial charge in [0.2, 0.25) is 0 Å². The minimum atomic E-state index is -0.564. The molecule has 0 aliphatic carbocycles. The first-order chi connectivity index (χ1) is 7.65. The van der Waals surface area contributed by atoms with Gasteiger partial charge in [0, 0.05) is 11.8 Å². The summed E-state index contributed by atoms with van der Waals surface area (Å²) >= 11 is 0. The zero-order chi connectivity index (χ0) is 11.5. The molecule has 2 aromatic carbocycles. The summed E-state index contributed by atoms with van der Waals surface area (Å²) in [7, 11) is 0. The van der Waals surface area contributed by atoms with Gasteiger partial charge in [0.1, 0.15) is 17.5 Å². The van der Waals surface area contributed by atoms with Crippen LogP contribution in [-0.2, 0) is 0 Å². The SMILES string of the molecule is Fc1ccc(Nc2cc(F)ccc2F)cc1. The molecule has 0 aliphatic rings. The smallest absolute Gasteiger partial charge is 0.146 e. The van der Waals surface area contributed by atoms with E-state index < -0.39 is 11.6 Å². The topological polar surface area (TPSA) is 12.0 Å². The molecule has 0 amide bonds. The molecule has 82 valence electrons. The quantitative estimate of drug-likeness (QED) is 0.815. The number of nitrogens with one attached hydrogen (secondary N) is 1. The lowest BCUT2D eigenvalue weighted by atomic mass is 10.2. The molecule has 0 aromatic heterocycles. The zero-order valence-corrected chi connectivity index (χ0v) is 8.18. The summed E-state index contributed by atoms with van der Waals surface area (Å²) in [6.07, 6.45) is 0. The molecule has 16 heavy (non-hydrogen) atoms. The fraction of sp³-hybridized carbons (Fsp3) is 0. The van der Waals surface area contributed by atoms with E-state index in [4.69, 9.17) is 0 Å². The third kappa shape index (κ3) is 2.34. The van der Waals surface area contributed by atoms with Crippen molar-refractivity contribution in [2.24, 2.45) is 0 Å². The fourth-order valence-electron chi connectivity index (χ4n) is 1.28. The van der Waals surface area contributed by atoms with Gasteiger partial charge >= 0.3 is 0 Å². The van der Waals surface area contributed by atoms with E-state index in [-0.39, 0.29) is 11.5 Å². The minimum Gasteiger partial charge on any atom is -0.353 e. The predicted molar refractivity (Wildman–Crippen MR) is 56.0 cm³/mol. The van der Waals surface area contributed by atoms with Crippen molar-refractivity contribution < 1.29 is 13.2 Å². The van der Waals surface area contributed by atoms with Crippen LogP contribution in [0.4, 0.5) is 24.5 Å². The molecular formula is C12H8F3N. The van der Waals surface area contributed by atoms with Crippen LogP contribution in [-0.4, -0.2) is 0 Å². The van der Waals surface area contributed by atoms with Crippen molar-refractivity contribution in [3.8, 4) is 0 Å². The van der Waals surface area contributed by atoms with Crippen LogP contribution < -0.4 is 5.32 Å². The molecule has 0 heterocycles. The molecule has 0 radical (unpaired) electrons. The molecule has 2 aromatic rings. The molecule has 1 nitrogen and oxygen atoms in total. The first-order valence-electron chi connectivity index (χ1n) is 4.63. The van der Waals surface area contributed by atoms with Crippen LogP contribution in [0.2, 0.25) is 0 Å². The van der Waals surface area contributed by atoms with Crippen molar-refractivity contribution in [1.82, 2.24) is 0 Å². The highest BCUT2D eigenvalue weighted by molar-refractivity contribution is 5.59. The third-order valence-corrected chi connectivity index (χ3v) is 2.05. The molecule has 4 heteroatoms. The van der Waals surface area contributed by atoms with Gasteiger partial charge < -0.3 is 5.32 Å². The monoisotopic (exact) mass is 223 g/mol. The molecular weight excluding hydrogens is 215 g/mol. The Morgan fingerprint density at radius 1 is 0.750 bits per heavy atom. The Balaban J connectivity index is 2.26.